The third-order valence-corrected chi connectivity index (χ3v) is 5.86. The minimum absolute atomic E-state index is 0.147. The second kappa shape index (κ2) is 7.45. The summed E-state index contributed by atoms with van der Waals surface area (Å²) in [6, 6.07) is 6.14. The fraction of sp³-hybridized carbons (Fsp3) is 0.647. The Bertz CT molecular complexity index is 644. The van der Waals surface area contributed by atoms with Crippen molar-refractivity contribution in [2.75, 3.05) is 13.2 Å². The van der Waals surface area contributed by atoms with Gasteiger partial charge in [0.15, 0.2) is 0 Å². The standard InChI is InChI=1S/C17H25F2NO3S/c1-4-20(14-9-10-23-17(2,3)11-14)12-13-5-7-15(8-6-13)24(21,22)16(18)19/h5-8,14,16H,4,9-12H2,1-3H3. The highest BCUT2D eigenvalue weighted by Crippen LogP contribution is 2.28. The van der Waals surface area contributed by atoms with Crippen LogP contribution in [0.3, 0.4) is 0 Å². The second-order valence-electron chi connectivity index (χ2n) is 6.77. The van der Waals surface area contributed by atoms with E-state index in [-0.39, 0.29) is 10.5 Å². The van der Waals surface area contributed by atoms with Crippen LogP contribution >= 0.6 is 0 Å². The van der Waals surface area contributed by atoms with Gasteiger partial charge in [-0.05, 0) is 50.9 Å². The summed E-state index contributed by atoms with van der Waals surface area (Å²) in [6.45, 7) is 8.48. The van der Waals surface area contributed by atoms with Crippen LogP contribution in [0.5, 0.6) is 0 Å². The molecule has 1 aliphatic heterocycles. The van der Waals surface area contributed by atoms with Crippen molar-refractivity contribution < 1.29 is 21.9 Å². The van der Waals surface area contributed by atoms with Gasteiger partial charge in [-0.1, -0.05) is 19.1 Å². The Balaban J connectivity index is 2.09. The van der Waals surface area contributed by atoms with Gasteiger partial charge in [0.2, 0.25) is 9.84 Å². The van der Waals surface area contributed by atoms with Gasteiger partial charge in [-0.2, -0.15) is 8.78 Å². The van der Waals surface area contributed by atoms with Crippen molar-refractivity contribution >= 4 is 9.84 Å². The number of hydrogen-bond donors (Lipinski definition) is 0. The average Bonchev–Trinajstić information content (AvgIpc) is 2.52. The first-order chi connectivity index (χ1) is 11.2. The largest absolute Gasteiger partial charge is 0.375 e. The molecule has 1 atom stereocenters. The van der Waals surface area contributed by atoms with Crippen molar-refractivity contribution in [3.63, 3.8) is 0 Å². The average molecular weight is 361 g/mol. The summed E-state index contributed by atoms with van der Waals surface area (Å²) in [5, 5.41) is 0. The predicted octanol–water partition coefficient (Wildman–Crippen LogP) is 3.46. The van der Waals surface area contributed by atoms with Gasteiger partial charge in [-0.25, -0.2) is 8.42 Å². The Morgan fingerprint density at radius 1 is 1.29 bits per heavy atom. The van der Waals surface area contributed by atoms with Crippen LogP contribution in [0.4, 0.5) is 8.78 Å². The first kappa shape index (κ1) is 19.3. The quantitative estimate of drug-likeness (QED) is 0.778. The van der Waals surface area contributed by atoms with Gasteiger partial charge in [0, 0.05) is 19.2 Å². The van der Waals surface area contributed by atoms with Crippen LogP contribution in [0, 0.1) is 0 Å². The van der Waals surface area contributed by atoms with Gasteiger partial charge >= 0.3 is 5.76 Å². The normalized spacial score (nSPS) is 21.4. The molecule has 0 amide bonds. The van der Waals surface area contributed by atoms with E-state index in [0.717, 1.165) is 31.6 Å². The SMILES string of the molecule is CCN(Cc1ccc(S(=O)(=O)C(F)F)cc1)C1CCOC(C)(C)C1. The third kappa shape index (κ3) is 4.52. The molecule has 2 rings (SSSR count). The zero-order valence-corrected chi connectivity index (χ0v) is 15.2. The molecule has 1 heterocycles. The minimum atomic E-state index is -4.53. The van der Waals surface area contributed by atoms with Gasteiger partial charge in [0.25, 0.3) is 0 Å². The maximum absolute atomic E-state index is 12.6. The summed E-state index contributed by atoms with van der Waals surface area (Å²) < 4.78 is 53.8. The van der Waals surface area contributed by atoms with Crippen LogP contribution in [0.25, 0.3) is 0 Å². The van der Waals surface area contributed by atoms with E-state index in [9.17, 15) is 17.2 Å². The number of halogens is 2. The molecule has 0 radical (unpaired) electrons. The summed E-state index contributed by atoms with van der Waals surface area (Å²) in [5.41, 5.74) is 0.764. The maximum atomic E-state index is 12.6. The van der Waals surface area contributed by atoms with Crippen LogP contribution in [0.2, 0.25) is 0 Å². The second-order valence-corrected chi connectivity index (χ2v) is 8.69. The fourth-order valence-corrected chi connectivity index (χ4v) is 3.85. The molecule has 0 N–H and O–H groups in total. The lowest BCUT2D eigenvalue weighted by molar-refractivity contribution is -0.0838. The number of ether oxygens (including phenoxy) is 1. The Labute approximate surface area is 142 Å². The molecule has 0 saturated carbocycles. The molecule has 0 spiro atoms. The zero-order chi connectivity index (χ0) is 18.0. The molecule has 7 heteroatoms. The monoisotopic (exact) mass is 361 g/mol. The van der Waals surface area contributed by atoms with Crippen LogP contribution in [0.1, 0.15) is 39.2 Å². The Hall–Kier alpha value is -1.05. The molecule has 1 saturated heterocycles. The topological polar surface area (TPSA) is 46.6 Å². The number of nitrogens with zero attached hydrogens (tertiary/aromatic N) is 1. The van der Waals surface area contributed by atoms with E-state index >= 15 is 0 Å². The number of alkyl halides is 2. The highest BCUT2D eigenvalue weighted by molar-refractivity contribution is 7.91. The lowest BCUT2D eigenvalue weighted by Gasteiger charge is -2.41. The molecule has 136 valence electrons. The highest BCUT2D eigenvalue weighted by Gasteiger charge is 2.32. The molecule has 0 bridgehead atoms. The zero-order valence-electron chi connectivity index (χ0n) is 14.3. The number of benzene rings is 1. The van der Waals surface area contributed by atoms with Crippen LogP contribution in [-0.4, -0.2) is 43.9 Å². The summed E-state index contributed by atoms with van der Waals surface area (Å²) >= 11 is 0. The van der Waals surface area contributed by atoms with E-state index in [4.69, 9.17) is 4.74 Å². The van der Waals surface area contributed by atoms with Crippen molar-refractivity contribution in [2.24, 2.45) is 0 Å². The Morgan fingerprint density at radius 3 is 2.42 bits per heavy atom. The molecule has 4 nitrogen and oxygen atoms in total. The van der Waals surface area contributed by atoms with E-state index < -0.39 is 15.6 Å². The van der Waals surface area contributed by atoms with Gasteiger partial charge in [-0.3, -0.25) is 4.90 Å². The van der Waals surface area contributed by atoms with Crippen molar-refractivity contribution in [2.45, 2.75) is 62.5 Å². The summed E-state index contributed by atoms with van der Waals surface area (Å²) in [4.78, 5) is 1.98. The lowest BCUT2D eigenvalue weighted by Crippen LogP contribution is -2.45. The highest BCUT2D eigenvalue weighted by atomic mass is 32.2. The molecule has 1 aromatic rings. The first-order valence-corrected chi connectivity index (χ1v) is 9.69. The van der Waals surface area contributed by atoms with E-state index in [1.54, 1.807) is 12.1 Å². The van der Waals surface area contributed by atoms with Gasteiger partial charge in [0.05, 0.1) is 10.5 Å². The Morgan fingerprint density at radius 2 is 1.92 bits per heavy atom. The van der Waals surface area contributed by atoms with Gasteiger partial charge in [0.1, 0.15) is 0 Å². The smallest absolute Gasteiger partial charge is 0.341 e. The van der Waals surface area contributed by atoms with Crippen molar-refractivity contribution in [3.8, 4) is 0 Å². The predicted molar refractivity (Wildman–Crippen MR) is 88.8 cm³/mol. The molecular formula is C17H25F2NO3S. The van der Waals surface area contributed by atoms with Crippen LogP contribution in [0.15, 0.2) is 29.2 Å². The van der Waals surface area contributed by atoms with Crippen molar-refractivity contribution in [1.82, 2.24) is 4.90 Å². The van der Waals surface area contributed by atoms with Crippen molar-refractivity contribution in [3.05, 3.63) is 29.8 Å². The molecule has 1 fully saturated rings. The first-order valence-electron chi connectivity index (χ1n) is 8.15. The van der Waals surface area contributed by atoms with Crippen LogP contribution in [-0.2, 0) is 21.1 Å². The van der Waals surface area contributed by atoms with Gasteiger partial charge in [-0.15, -0.1) is 0 Å². The molecule has 24 heavy (non-hydrogen) atoms. The third-order valence-electron chi connectivity index (χ3n) is 4.47. The fourth-order valence-electron chi connectivity index (χ4n) is 3.13. The van der Waals surface area contributed by atoms with E-state index in [0.29, 0.717) is 12.6 Å². The molecule has 0 aliphatic carbocycles. The van der Waals surface area contributed by atoms with E-state index in [1.807, 2.05) is 0 Å². The maximum Gasteiger partial charge on any atom is 0.341 e. The van der Waals surface area contributed by atoms with E-state index in [1.165, 1.54) is 12.1 Å². The molecule has 0 aromatic heterocycles. The summed E-state index contributed by atoms with van der Waals surface area (Å²) in [5.74, 6) is -3.39. The number of sulfone groups is 1. The Kier molecular flexibility index (Phi) is 5.99. The molecular weight excluding hydrogens is 336 g/mol. The van der Waals surface area contributed by atoms with Crippen molar-refractivity contribution in [1.29, 1.82) is 0 Å². The lowest BCUT2D eigenvalue weighted by atomic mass is 9.92. The molecule has 1 aromatic carbocycles. The summed E-state index contributed by atoms with van der Waals surface area (Å²) in [7, 11) is -4.53. The molecule has 1 unspecified atom stereocenters. The summed E-state index contributed by atoms with van der Waals surface area (Å²) in [6.07, 6.45) is 1.88. The van der Waals surface area contributed by atoms with E-state index in [2.05, 4.69) is 25.7 Å². The minimum Gasteiger partial charge on any atom is -0.375 e. The number of rotatable bonds is 6. The number of hydrogen-bond acceptors (Lipinski definition) is 4. The van der Waals surface area contributed by atoms with Gasteiger partial charge < -0.3 is 4.74 Å². The van der Waals surface area contributed by atoms with Crippen LogP contribution < -0.4 is 0 Å². The molecule has 1 aliphatic rings.